The zero-order valence-electron chi connectivity index (χ0n) is 14.0. The molecule has 0 aliphatic carbocycles. The summed E-state index contributed by atoms with van der Waals surface area (Å²) in [6, 6.07) is 7.82. The third-order valence-corrected chi connectivity index (χ3v) is 3.76. The van der Waals surface area contributed by atoms with E-state index in [1.165, 1.54) is 0 Å². The van der Waals surface area contributed by atoms with E-state index >= 15 is 0 Å². The minimum atomic E-state index is 0.134. The number of hydrogen-bond donors (Lipinski definition) is 2. The van der Waals surface area contributed by atoms with Gasteiger partial charge in [-0.25, -0.2) is 4.99 Å². The van der Waals surface area contributed by atoms with Gasteiger partial charge < -0.3 is 20.3 Å². The summed E-state index contributed by atoms with van der Waals surface area (Å²) in [5, 5.41) is 6.28. The van der Waals surface area contributed by atoms with E-state index in [4.69, 9.17) is 4.74 Å². The average Bonchev–Trinajstić information content (AvgIpc) is 3.12. The summed E-state index contributed by atoms with van der Waals surface area (Å²) in [6.45, 7) is 5.32. The van der Waals surface area contributed by atoms with Crippen molar-refractivity contribution in [3.05, 3.63) is 29.8 Å². The van der Waals surface area contributed by atoms with Crippen molar-refractivity contribution in [2.75, 3.05) is 33.3 Å². The molecule has 0 radical (unpaired) electrons. The molecular formula is C17H26N4O2. The van der Waals surface area contributed by atoms with Gasteiger partial charge in [0.15, 0.2) is 5.96 Å². The molecular weight excluding hydrogens is 292 g/mol. The Kier molecular flexibility index (Phi) is 6.72. The molecule has 23 heavy (non-hydrogen) atoms. The quantitative estimate of drug-likeness (QED) is 0.614. The first-order valence-electron chi connectivity index (χ1n) is 8.16. The van der Waals surface area contributed by atoms with Gasteiger partial charge in [-0.15, -0.1) is 0 Å². The number of hydrogen-bond acceptors (Lipinski definition) is 3. The Hall–Kier alpha value is -2.24. The van der Waals surface area contributed by atoms with Crippen molar-refractivity contribution in [2.24, 2.45) is 4.99 Å². The Balaban J connectivity index is 1.89. The van der Waals surface area contributed by atoms with Crippen molar-refractivity contribution in [1.82, 2.24) is 15.5 Å². The second kappa shape index (κ2) is 9.02. The number of aliphatic imine (C=N–C) groups is 1. The highest BCUT2D eigenvalue weighted by molar-refractivity contribution is 5.86. The lowest BCUT2D eigenvalue weighted by Crippen LogP contribution is -2.44. The number of methoxy groups -OCH3 is 1. The first kappa shape index (κ1) is 17.1. The van der Waals surface area contributed by atoms with E-state index in [1.807, 2.05) is 36.1 Å². The van der Waals surface area contributed by atoms with Gasteiger partial charge in [0.2, 0.25) is 5.91 Å². The van der Waals surface area contributed by atoms with E-state index in [0.717, 1.165) is 43.8 Å². The van der Waals surface area contributed by atoms with Gasteiger partial charge in [0.25, 0.3) is 0 Å². The lowest BCUT2D eigenvalue weighted by Gasteiger charge is -2.17. The van der Waals surface area contributed by atoms with Crippen molar-refractivity contribution < 1.29 is 9.53 Å². The zero-order chi connectivity index (χ0) is 16.5. The van der Waals surface area contributed by atoms with Crippen LogP contribution in [-0.4, -0.2) is 50.1 Å². The molecule has 1 saturated heterocycles. The summed E-state index contributed by atoms with van der Waals surface area (Å²) in [5.41, 5.74) is 1.06. The van der Waals surface area contributed by atoms with Crippen LogP contribution < -0.4 is 15.4 Å². The molecule has 1 aromatic rings. The molecule has 1 aliphatic heterocycles. The lowest BCUT2D eigenvalue weighted by molar-refractivity contribution is -0.128. The van der Waals surface area contributed by atoms with Crippen LogP contribution in [0.2, 0.25) is 0 Å². The number of nitrogens with zero attached hydrogens (tertiary/aromatic N) is 2. The number of amides is 1. The highest BCUT2D eigenvalue weighted by Gasteiger charge is 2.17. The normalized spacial score (nSPS) is 14.7. The summed E-state index contributed by atoms with van der Waals surface area (Å²) in [4.78, 5) is 18.5. The molecule has 1 amide bonds. The van der Waals surface area contributed by atoms with Gasteiger partial charge in [0, 0.05) is 19.6 Å². The van der Waals surface area contributed by atoms with Gasteiger partial charge in [-0.3, -0.25) is 4.79 Å². The van der Waals surface area contributed by atoms with Crippen LogP contribution in [0.15, 0.2) is 29.3 Å². The molecule has 2 N–H and O–H groups in total. The van der Waals surface area contributed by atoms with Crippen molar-refractivity contribution in [1.29, 1.82) is 0 Å². The highest BCUT2D eigenvalue weighted by atomic mass is 16.5. The molecule has 1 aromatic carbocycles. The summed E-state index contributed by atoms with van der Waals surface area (Å²) in [5.74, 6) is 1.61. The Labute approximate surface area is 137 Å². The maximum Gasteiger partial charge on any atom is 0.241 e. The van der Waals surface area contributed by atoms with Crippen LogP contribution in [0.3, 0.4) is 0 Å². The first-order chi connectivity index (χ1) is 11.2. The molecule has 0 aromatic heterocycles. The summed E-state index contributed by atoms with van der Waals surface area (Å²) >= 11 is 0. The molecule has 6 nitrogen and oxygen atoms in total. The standard InChI is InChI=1S/C17H26N4O2/c1-3-18-17(20-13-16(22)21-9-4-5-10-21)19-12-14-7-6-8-15(11-14)23-2/h6-8,11H,3-5,9-10,12-13H2,1-2H3,(H2,18,19,20). The summed E-state index contributed by atoms with van der Waals surface area (Å²) in [7, 11) is 1.65. The molecule has 1 fully saturated rings. The predicted octanol–water partition coefficient (Wildman–Crippen LogP) is 1.37. The smallest absolute Gasteiger partial charge is 0.241 e. The fraction of sp³-hybridized carbons (Fsp3) is 0.529. The molecule has 0 spiro atoms. The van der Waals surface area contributed by atoms with Crippen LogP contribution in [0.4, 0.5) is 0 Å². The fourth-order valence-electron chi connectivity index (χ4n) is 2.52. The second-order valence-corrected chi connectivity index (χ2v) is 5.49. The number of likely N-dealkylation sites (tertiary alicyclic amines) is 1. The maximum atomic E-state index is 12.1. The number of benzene rings is 1. The lowest BCUT2D eigenvalue weighted by atomic mass is 10.2. The fourth-order valence-corrected chi connectivity index (χ4v) is 2.52. The largest absolute Gasteiger partial charge is 0.497 e. The Bertz CT molecular complexity index is 539. The van der Waals surface area contributed by atoms with E-state index in [2.05, 4.69) is 15.6 Å². The molecule has 6 heteroatoms. The van der Waals surface area contributed by atoms with E-state index < -0.39 is 0 Å². The van der Waals surface area contributed by atoms with Crippen molar-refractivity contribution in [3.63, 3.8) is 0 Å². The van der Waals surface area contributed by atoms with E-state index in [-0.39, 0.29) is 12.5 Å². The molecule has 1 heterocycles. The topological polar surface area (TPSA) is 66.0 Å². The van der Waals surface area contributed by atoms with E-state index in [0.29, 0.717) is 12.5 Å². The van der Waals surface area contributed by atoms with E-state index in [1.54, 1.807) is 7.11 Å². The van der Waals surface area contributed by atoms with Crippen LogP contribution >= 0.6 is 0 Å². The molecule has 126 valence electrons. The Morgan fingerprint density at radius 2 is 2.09 bits per heavy atom. The van der Waals surface area contributed by atoms with E-state index in [9.17, 15) is 4.79 Å². The van der Waals surface area contributed by atoms with Gasteiger partial charge >= 0.3 is 0 Å². The summed E-state index contributed by atoms with van der Waals surface area (Å²) < 4.78 is 5.22. The van der Waals surface area contributed by atoms with Gasteiger partial charge in [-0.1, -0.05) is 12.1 Å². The minimum Gasteiger partial charge on any atom is -0.497 e. The third kappa shape index (κ3) is 5.47. The van der Waals surface area contributed by atoms with Crippen molar-refractivity contribution in [3.8, 4) is 5.75 Å². The molecule has 0 atom stereocenters. The SMILES string of the molecule is CCNC(=NCc1cccc(OC)c1)NCC(=O)N1CCCC1. The van der Waals surface area contributed by atoms with Gasteiger partial charge in [0.1, 0.15) is 5.75 Å². The van der Waals surface area contributed by atoms with Crippen LogP contribution in [0.5, 0.6) is 5.75 Å². The number of ether oxygens (including phenoxy) is 1. The van der Waals surface area contributed by atoms with Gasteiger partial charge in [-0.05, 0) is 37.5 Å². The molecule has 2 rings (SSSR count). The third-order valence-electron chi connectivity index (χ3n) is 3.76. The molecule has 1 aliphatic rings. The van der Waals surface area contributed by atoms with Crippen molar-refractivity contribution in [2.45, 2.75) is 26.3 Å². The van der Waals surface area contributed by atoms with Crippen LogP contribution in [0.1, 0.15) is 25.3 Å². The number of carbonyl (C=O) groups is 1. The number of nitrogens with one attached hydrogen (secondary N) is 2. The van der Waals surface area contributed by atoms with Gasteiger partial charge in [0.05, 0.1) is 20.2 Å². The molecule has 0 saturated carbocycles. The van der Waals surface area contributed by atoms with Crippen LogP contribution in [-0.2, 0) is 11.3 Å². The maximum absolute atomic E-state index is 12.1. The number of guanidine groups is 1. The highest BCUT2D eigenvalue weighted by Crippen LogP contribution is 2.13. The van der Waals surface area contributed by atoms with Crippen LogP contribution in [0.25, 0.3) is 0 Å². The Morgan fingerprint density at radius 1 is 1.30 bits per heavy atom. The molecule has 0 unspecified atom stereocenters. The van der Waals surface area contributed by atoms with Crippen LogP contribution in [0, 0.1) is 0 Å². The monoisotopic (exact) mass is 318 g/mol. The minimum absolute atomic E-state index is 0.134. The number of rotatable bonds is 6. The van der Waals surface area contributed by atoms with Crippen molar-refractivity contribution >= 4 is 11.9 Å². The first-order valence-corrected chi connectivity index (χ1v) is 8.16. The second-order valence-electron chi connectivity index (χ2n) is 5.49. The molecule has 0 bridgehead atoms. The Morgan fingerprint density at radius 3 is 2.78 bits per heavy atom. The average molecular weight is 318 g/mol. The van der Waals surface area contributed by atoms with Gasteiger partial charge in [-0.2, -0.15) is 0 Å². The zero-order valence-corrected chi connectivity index (χ0v) is 14.0. The predicted molar refractivity (Wildman–Crippen MR) is 91.6 cm³/mol. The summed E-state index contributed by atoms with van der Waals surface area (Å²) in [6.07, 6.45) is 2.21. The number of carbonyl (C=O) groups excluding carboxylic acids is 1.